The fourth-order valence-electron chi connectivity index (χ4n) is 3.05. The first-order valence-electron chi connectivity index (χ1n) is 8.55. The van der Waals surface area contributed by atoms with Crippen LogP contribution in [0.1, 0.15) is 23.7 Å². The van der Waals surface area contributed by atoms with Crippen LogP contribution in [0.4, 0.5) is 0 Å². The van der Waals surface area contributed by atoms with Gasteiger partial charge in [-0.3, -0.25) is 4.79 Å². The first kappa shape index (κ1) is 17.8. The van der Waals surface area contributed by atoms with Crippen molar-refractivity contribution in [3.63, 3.8) is 0 Å². The molecule has 1 aromatic heterocycles. The zero-order valence-corrected chi connectivity index (χ0v) is 15.7. The highest BCUT2D eigenvalue weighted by atomic mass is 35.5. The molecule has 0 bridgehead atoms. The zero-order valence-electron chi connectivity index (χ0n) is 14.2. The molecule has 1 fully saturated rings. The van der Waals surface area contributed by atoms with Crippen LogP contribution in [0.5, 0.6) is 0 Å². The third-order valence-electron chi connectivity index (χ3n) is 4.54. The number of carbonyl (C=O) groups is 1. The summed E-state index contributed by atoms with van der Waals surface area (Å²) in [6.07, 6.45) is 2.33. The van der Waals surface area contributed by atoms with Crippen molar-refractivity contribution in [2.75, 3.05) is 0 Å². The van der Waals surface area contributed by atoms with Crippen molar-refractivity contribution in [1.29, 1.82) is 0 Å². The highest BCUT2D eigenvalue weighted by Crippen LogP contribution is 2.47. The van der Waals surface area contributed by atoms with Crippen molar-refractivity contribution >= 4 is 35.3 Å². The van der Waals surface area contributed by atoms with E-state index in [1.54, 1.807) is 30.3 Å². The number of benzene rings is 2. The molecular formula is C21H16Cl2N2O2. The molecule has 3 aromatic rings. The third kappa shape index (κ3) is 4.07. The number of nitrogens with one attached hydrogen (secondary N) is 1. The molecule has 0 aliphatic heterocycles. The molecular weight excluding hydrogens is 383 g/mol. The van der Waals surface area contributed by atoms with E-state index in [2.05, 4.69) is 10.5 Å². The molecule has 1 N–H and O–H groups in total. The van der Waals surface area contributed by atoms with Gasteiger partial charge < -0.3 is 4.42 Å². The molecule has 2 aromatic carbocycles. The Kier molecular flexibility index (Phi) is 5.01. The number of amides is 1. The van der Waals surface area contributed by atoms with Crippen LogP contribution in [-0.2, 0) is 4.79 Å². The zero-order chi connectivity index (χ0) is 18.8. The lowest BCUT2D eigenvalue weighted by Gasteiger charge is -2.01. The average Bonchev–Trinajstić information content (AvgIpc) is 3.34. The van der Waals surface area contributed by atoms with E-state index in [1.807, 2.05) is 30.3 Å². The second-order valence-electron chi connectivity index (χ2n) is 6.42. The van der Waals surface area contributed by atoms with Gasteiger partial charge in [-0.25, -0.2) is 5.43 Å². The van der Waals surface area contributed by atoms with E-state index in [0.717, 1.165) is 12.0 Å². The smallest absolute Gasteiger partial charge is 0.243 e. The van der Waals surface area contributed by atoms with Crippen molar-refractivity contribution in [1.82, 2.24) is 5.43 Å². The standard InChI is InChI=1S/C21H16Cl2N2O2/c22-14-6-8-16(19(23)10-14)20-9-7-15(27-20)12-24-25-21(26)18-11-17(18)13-4-2-1-3-5-13/h1-10,12,17-18H,11H2,(H,25,26)/t17-,18+/m1/s1. The molecule has 2 atom stereocenters. The largest absolute Gasteiger partial charge is 0.455 e. The SMILES string of the molecule is O=C(NN=Cc1ccc(-c2ccc(Cl)cc2Cl)o1)[C@H]1C[C@@H]1c1ccccc1. The van der Waals surface area contributed by atoms with E-state index < -0.39 is 0 Å². The maximum absolute atomic E-state index is 12.2. The molecule has 136 valence electrons. The van der Waals surface area contributed by atoms with Gasteiger partial charge in [0.1, 0.15) is 11.5 Å². The summed E-state index contributed by atoms with van der Waals surface area (Å²) in [5.41, 5.74) is 4.52. The van der Waals surface area contributed by atoms with Crippen LogP contribution < -0.4 is 5.43 Å². The Balaban J connectivity index is 1.36. The lowest BCUT2D eigenvalue weighted by molar-refractivity contribution is -0.122. The minimum atomic E-state index is -0.0763. The third-order valence-corrected chi connectivity index (χ3v) is 5.09. The summed E-state index contributed by atoms with van der Waals surface area (Å²) in [5, 5.41) is 5.07. The molecule has 1 aliphatic rings. The normalized spacial score (nSPS) is 18.6. The second-order valence-corrected chi connectivity index (χ2v) is 7.26. The minimum Gasteiger partial charge on any atom is -0.455 e. The predicted molar refractivity (Wildman–Crippen MR) is 107 cm³/mol. The maximum Gasteiger partial charge on any atom is 0.243 e. The highest BCUT2D eigenvalue weighted by Gasteiger charge is 2.43. The summed E-state index contributed by atoms with van der Waals surface area (Å²) in [6.45, 7) is 0. The van der Waals surface area contributed by atoms with Gasteiger partial charge in [0.25, 0.3) is 0 Å². The molecule has 0 saturated heterocycles. The Morgan fingerprint density at radius 2 is 1.93 bits per heavy atom. The van der Waals surface area contributed by atoms with Crippen LogP contribution in [0.15, 0.2) is 70.2 Å². The molecule has 0 spiro atoms. The number of carbonyl (C=O) groups excluding carboxylic acids is 1. The quantitative estimate of drug-likeness (QED) is 0.455. The Bertz CT molecular complexity index is 998. The molecule has 1 aliphatic carbocycles. The number of nitrogens with zero attached hydrogens (tertiary/aromatic N) is 1. The summed E-state index contributed by atoms with van der Waals surface area (Å²) in [7, 11) is 0. The number of furan rings is 1. The lowest BCUT2D eigenvalue weighted by Crippen LogP contribution is -2.20. The van der Waals surface area contributed by atoms with Gasteiger partial charge in [0.05, 0.1) is 11.2 Å². The second kappa shape index (κ2) is 7.59. The van der Waals surface area contributed by atoms with Gasteiger partial charge in [-0.1, -0.05) is 53.5 Å². The van der Waals surface area contributed by atoms with Crippen LogP contribution >= 0.6 is 23.2 Å². The van der Waals surface area contributed by atoms with E-state index >= 15 is 0 Å². The van der Waals surface area contributed by atoms with E-state index in [0.29, 0.717) is 21.6 Å². The Morgan fingerprint density at radius 3 is 2.70 bits per heavy atom. The van der Waals surface area contributed by atoms with Gasteiger partial charge in [0.15, 0.2) is 0 Å². The molecule has 6 heteroatoms. The summed E-state index contributed by atoms with van der Waals surface area (Å²) in [5.74, 6) is 1.31. The average molecular weight is 399 g/mol. The highest BCUT2D eigenvalue weighted by molar-refractivity contribution is 6.36. The monoisotopic (exact) mass is 398 g/mol. The van der Waals surface area contributed by atoms with Crippen LogP contribution in [0.2, 0.25) is 10.0 Å². The fourth-order valence-corrected chi connectivity index (χ4v) is 3.55. The van der Waals surface area contributed by atoms with Crippen molar-refractivity contribution in [2.45, 2.75) is 12.3 Å². The minimum absolute atomic E-state index is 0.0235. The van der Waals surface area contributed by atoms with Gasteiger partial charge in [-0.15, -0.1) is 0 Å². The molecule has 27 heavy (non-hydrogen) atoms. The molecule has 1 heterocycles. The number of hydrogen-bond acceptors (Lipinski definition) is 3. The molecule has 1 saturated carbocycles. The van der Waals surface area contributed by atoms with Crippen LogP contribution in [0.25, 0.3) is 11.3 Å². The first-order chi connectivity index (χ1) is 13.1. The Hall–Kier alpha value is -2.56. The van der Waals surface area contributed by atoms with Crippen molar-refractivity contribution in [3.05, 3.63) is 82.0 Å². The Labute approximate surface area is 166 Å². The van der Waals surface area contributed by atoms with E-state index in [9.17, 15) is 4.79 Å². The van der Waals surface area contributed by atoms with Gasteiger partial charge in [-0.2, -0.15) is 5.10 Å². The summed E-state index contributed by atoms with van der Waals surface area (Å²) in [6, 6.07) is 18.8. The number of hydrogen-bond donors (Lipinski definition) is 1. The predicted octanol–water partition coefficient (Wildman–Crippen LogP) is 5.51. The van der Waals surface area contributed by atoms with Crippen LogP contribution in [0, 0.1) is 5.92 Å². The number of rotatable bonds is 5. The number of halogens is 2. The van der Waals surface area contributed by atoms with Gasteiger partial charge in [-0.05, 0) is 48.2 Å². The summed E-state index contributed by atoms with van der Waals surface area (Å²) < 4.78 is 5.71. The van der Waals surface area contributed by atoms with Gasteiger partial charge in [0.2, 0.25) is 5.91 Å². The summed E-state index contributed by atoms with van der Waals surface area (Å²) >= 11 is 12.1. The Morgan fingerprint density at radius 1 is 1.11 bits per heavy atom. The van der Waals surface area contributed by atoms with Crippen molar-refractivity contribution < 1.29 is 9.21 Å². The molecule has 4 nitrogen and oxygen atoms in total. The number of hydrazone groups is 1. The molecule has 0 radical (unpaired) electrons. The fraction of sp³-hybridized carbons (Fsp3) is 0.143. The van der Waals surface area contributed by atoms with Crippen molar-refractivity contribution in [3.8, 4) is 11.3 Å². The lowest BCUT2D eigenvalue weighted by atomic mass is 10.1. The van der Waals surface area contributed by atoms with Gasteiger partial charge in [0, 0.05) is 16.5 Å². The van der Waals surface area contributed by atoms with E-state index in [-0.39, 0.29) is 17.7 Å². The maximum atomic E-state index is 12.2. The van der Waals surface area contributed by atoms with Crippen LogP contribution in [0.3, 0.4) is 0 Å². The van der Waals surface area contributed by atoms with Crippen LogP contribution in [-0.4, -0.2) is 12.1 Å². The first-order valence-corrected chi connectivity index (χ1v) is 9.30. The van der Waals surface area contributed by atoms with E-state index in [1.165, 1.54) is 11.8 Å². The molecule has 4 rings (SSSR count). The van der Waals surface area contributed by atoms with Crippen molar-refractivity contribution in [2.24, 2.45) is 11.0 Å². The van der Waals surface area contributed by atoms with E-state index in [4.69, 9.17) is 27.6 Å². The topological polar surface area (TPSA) is 54.6 Å². The molecule has 1 amide bonds. The van der Waals surface area contributed by atoms with Gasteiger partial charge >= 0.3 is 0 Å². The molecule has 0 unspecified atom stereocenters. The summed E-state index contributed by atoms with van der Waals surface area (Å²) in [4.78, 5) is 12.2.